The van der Waals surface area contributed by atoms with E-state index < -0.39 is 20.8 Å². The standard InChI is InChI=1S/C12H14ClN3O3S/c1-7(12-15-5-6-16(12)2)20(18,19)11-8(13)3-4-9(14)10(11)17/h3-7,17H,14H2,1-2H3. The molecule has 108 valence electrons. The summed E-state index contributed by atoms with van der Waals surface area (Å²) in [5.41, 5.74) is 5.50. The number of rotatable bonds is 3. The van der Waals surface area contributed by atoms with Crippen molar-refractivity contribution >= 4 is 27.1 Å². The highest BCUT2D eigenvalue weighted by molar-refractivity contribution is 7.91. The zero-order valence-electron chi connectivity index (χ0n) is 10.9. The summed E-state index contributed by atoms with van der Waals surface area (Å²) in [6.45, 7) is 1.48. The monoisotopic (exact) mass is 315 g/mol. The number of nitrogens with zero attached hydrogens (tertiary/aromatic N) is 2. The first-order valence-electron chi connectivity index (χ1n) is 5.75. The van der Waals surface area contributed by atoms with Crippen molar-refractivity contribution in [3.05, 3.63) is 35.4 Å². The van der Waals surface area contributed by atoms with Gasteiger partial charge in [0.15, 0.2) is 15.6 Å². The largest absolute Gasteiger partial charge is 0.504 e. The summed E-state index contributed by atoms with van der Waals surface area (Å²) >= 11 is 5.91. The number of nitrogen functional groups attached to an aromatic ring is 1. The van der Waals surface area contributed by atoms with Crippen molar-refractivity contribution in [1.29, 1.82) is 0 Å². The lowest BCUT2D eigenvalue weighted by molar-refractivity contribution is 0.461. The van der Waals surface area contributed by atoms with Crippen LogP contribution in [-0.2, 0) is 16.9 Å². The molecular formula is C12H14ClN3O3S. The van der Waals surface area contributed by atoms with Crippen LogP contribution < -0.4 is 5.73 Å². The molecule has 0 saturated carbocycles. The van der Waals surface area contributed by atoms with E-state index in [1.807, 2.05) is 0 Å². The van der Waals surface area contributed by atoms with Crippen LogP contribution in [0, 0.1) is 0 Å². The van der Waals surface area contributed by atoms with E-state index in [0.717, 1.165) is 0 Å². The van der Waals surface area contributed by atoms with Gasteiger partial charge < -0.3 is 15.4 Å². The molecule has 2 aromatic rings. The number of nitrogens with two attached hydrogens (primary N) is 1. The number of hydrogen-bond donors (Lipinski definition) is 2. The molecule has 0 amide bonds. The number of anilines is 1. The fourth-order valence-electron chi connectivity index (χ4n) is 1.92. The SMILES string of the molecule is CC(c1nccn1C)S(=O)(=O)c1c(Cl)ccc(N)c1O. The second-order valence-electron chi connectivity index (χ2n) is 4.40. The summed E-state index contributed by atoms with van der Waals surface area (Å²) in [6, 6.07) is 2.69. The summed E-state index contributed by atoms with van der Waals surface area (Å²) in [5.74, 6) is -0.179. The quantitative estimate of drug-likeness (QED) is 0.666. The van der Waals surface area contributed by atoms with Gasteiger partial charge in [0.1, 0.15) is 16.0 Å². The molecule has 0 fully saturated rings. The molecule has 0 aliphatic carbocycles. The number of sulfone groups is 1. The lowest BCUT2D eigenvalue weighted by Crippen LogP contribution is -2.15. The second-order valence-corrected chi connectivity index (χ2v) is 7.01. The van der Waals surface area contributed by atoms with Crippen LogP contribution >= 0.6 is 11.6 Å². The number of hydrogen-bond acceptors (Lipinski definition) is 5. The maximum atomic E-state index is 12.6. The molecule has 2 rings (SSSR count). The van der Waals surface area contributed by atoms with Crippen LogP contribution in [0.3, 0.4) is 0 Å². The van der Waals surface area contributed by atoms with Crippen LogP contribution in [0.4, 0.5) is 5.69 Å². The van der Waals surface area contributed by atoms with E-state index in [0.29, 0.717) is 5.82 Å². The fraction of sp³-hybridized carbons (Fsp3) is 0.250. The van der Waals surface area contributed by atoms with E-state index in [1.165, 1.54) is 25.3 Å². The van der Waals surface area contributed by atoms with Crippen molar-refractivity contribution in [2.45, 2.75) is 17.1 Å². The minimum absolute atomic E-state index is 0.0417. The number of phenolic OH excluding ortho intramolecular Hbond substituents is 1. The molecule has 1 unspecified atom stereocenters. The summed E-state index contributed by atoms with van der Waals surface area (Å²) in [6.07, 6.45) is 3.14. The predicted octanol–water partition coefficient (Wildman–Crippen LogP) is 1.90. The number of aromatic nitrogens is 2. The molecule has 1 heterocycles. The Morgan fingerprint density at radius 3 is 2.65 bits per heavy atom. The molecule has 0 radical (unpaired) electrons. The van der Waals surface area contributed by atoms with Crippen molar-refractivity contribution < 1.29 is 13.5 Å². The van der Waals surface area contributed by atoms with Crippen molar-refractivity contribution in [2.24, 2.45) is 7.05 Å². The summed E-state index contributed by atoms with van der Waals surface area (Å²) in [7, 11) is -2.22. The second kappa shape index (κ2) is 4.99. The number of aryl methyl sites for hydroxylation is 1. The highest BCUT2D eigenvalue weighted by Gasteiger charge is 2.33. The van der Waals surface area contributed by atoms with Gasteiger partial charge in [-0.25, -0.2) is 13.4 Å². The van der Waals surface area contributed by atoms with Crippen LogP contribution in [0.5, 0.6) is 5.75 Å². The first-order valence-corrected chi connectivity index (χ1v) is 7.67. The Hall–Kier alpha value is -1.73. The molecule has 0 spiro atoms. The van der Waals surface area contributed by atoms with E-state index in [2.05, 4.69) is 4.98 Å². The van der Waals surface area contributed by atoms with Crippen molar-refractivity contribution in [3.63, 3.8) is 0 Å². The molecule has 0 saturated heterocycles. The molecule has 0 aliphatic heterocycles. The van der Waals surface area contributed by atoms with Gasteiger partial charge in [-0.15, -0.1) is 0 Å². The van der Waals surface area contributed by atoms with Crippen molar-refractivity contribution in [1.82, 2.24) is 9.55 Å². The van der Waals surface area contributed by atoms with Gasteiger partial charge in [0.05, 0.1) is 10.7 Å². The molecule has 0 aliphatic rings. The van der Waals surface area contributed by atoms with Crippen LogP contribution in [0.1, 0.15) is 18.0 Å². The molecule has 3 N–H and O–H groups in total. The molecule has 6 nitrogen and oxygen atoms in total. The van der Waals surface area contributed by atoms with Gasteiger partial charge in [-0.2, -0.15) is 0 Å². The molecule has 20 heavy (non-hydrogen) atoms. The van der Waals surface area contributed by atoms with Gasteiger partial charge in [-0.05, 0) is 19.1 Å². The molecule has 1 aromatic heterocycles. The predicted molar refractivity (Wildman–Crippen MR) is 76.3 cm³/mol. The van der Waals surface area contributed by atoms with Crippen LogP contribution in [0.25, 0.3) is 0 Å². The topological polar surface area (TPSA) is 98.2 Å². The highest BCUT2D eigenvalue weighted by atomic mass is 35.5. The Balaban J connectivity index is 2.63. The first-order chi connectivity index (χ1) is 9.26. The van der Waals surface area contributed by atoms with E-state index in [9.17, 15) is 13.5 Å². The summed E-state index contributed by atoms with van der Waals surface area (Å²) < 4.78 is 26.8. The first kappa shape index (κ1) is 14.7. The van der Waals surface area contributed by atoms with Gasteiger partial charge in [-0.3, -0.25) is 0 Å². The van der Waals surface area contributed by atoms with Gasteiger partial charge in [0.25, 0.3) is 0 Å². The number of halogens is 1. The Labute approximate surface area is 121 Å². The third-order valence-corrected chi connectivity index (χ3v) is 5.64. The summed E-state index contributed by atoms with van der Waals surface area (Å²) in [4.78, 5) is 3.65. The van der Waals surface area contributed by atoms with Crippen molar-refractivity contribution in [2.75, 3.05) is 5.73 Å². The highest BCUT2D eigenvalue weighted by Crippen LogP contribution is 2.40. The maximum absolute atomic E-state index is 12.6. The number of aromatic hydroxyl groups is 1. The van der Waals surface area contributed by atoms with E-state index in [-0.39, 0.29) is 15.6 Å². The van der Waals surface area contributed by atoms with Crippen LogP contribution in [0.15, 0.2) is 29.4 Å². The Morgan fingerprint density at radius 2 is 2.10 bits per heavy atom. The van der Waals surface area contributed by atoms with Gasteiger partial charge in [0.2, 0.25) is 0 Å². The molecule has 0 bridgehead atoms. The van der Waals surface area contributed by atoms with E-state index in [4.69, 9.17) is 17.3 Å². The Kier molecular flexibility index (Phi) is 3.66. The zero-order chi connectivity index (χ0) is 15.1. The number of imidazole rings is 1. The fourth-order valence-corrected chi connectivity index (χ4v) is 3.98. The third-order valence-electron chi connectivity index (χ3n) is 3.09. The summed E-state index contributed by atoms with van der Waals surface area (Å²) in [5, 5.41) is 8.88. The lowest BCUT2D eigenvalue weighted by Gasteiger charge is -2.16. The van der Waals surface area contributed by atoms with E-state index >= 15 is 0 Å². The Bertz CT molecular complexity index is 755. The van der Waals surface area contributed by atoms with Crippen molar-refractivity contribution in [3.8, 4) is 5.75 Å². The number of benzene rings is 1. The molecule has 1 atom stereocenters. The van der Waals surface area contributed by atoms with Crippen LogP contribution in [-0.4, -0.2) is 23.1 Å². The van der Waals surface area contributed by atoms with Gasteiger partial charge in [0, 0.05) is 19.4 Å². The average Bonchev–Trinajstić information content (AvgIpc) is 2.79. The minimum atomic E-state index is -3.91. The third kappa shape index (κ3) is 2.23. The minimum Gasteiger partial charge on any atom is -0.504 e. The lowest BCUT2D eigenvalue weighted by atomic mass is 10.3. The maximum Gasteiger partial charge on any atom is 0.193 e. The zero-order valence-corrected chi connectivity index (χ0v) is 12.5. The van der Waals surface area contributed by atoms with Gasteiger partial charge >= 0.3 is 0 Å². The Morgan fingerprint density at radius 1 is 1.45 bits per heavy atom. The van der Waals surface area contributed by atoms with E-state index in [1.54, 1.807) is 17.8 Å². The molecule has 8 heteroatoms. The average molecular weight is 316 g/mol. The van der Waals surface area contributed by atoms with Crippen LogP contribution in [0.2, 0.25) is 5.02 Å². The molecule has 1 aromatic carbocycles. The smallest absolute Gasteiger partial charge is 0.193 e. The molecular weight excluding hydrogens is 302 g/mol. The van der Waals surface area contributed by atoms with Gasteiger partial charge in [-0.1, -0.05) is 11.6 Å². The normalized spacial score (nSPS) is 13.3. The number of phenols is 1.